The minimum Gasteiger partial charge on any atom is -0.423 e. The lowest BCUT2D eigenvalue weighted by molar-refractivity contribution is -0.193. The highest BCUT2D eigenvalue weighted by atomic mass is 19.3. The molecule has 0 atom stereocenters. The van der Waals surface area contributed by atoms with Crippen molar-refractivity contribution in [3.63, 3.8) is 0 Å². The minimum absolute atomic E-state index is 0.00302. The van der Waals surface area contributed by atoms with Crippen LogP contribution in [0.1, 0.15) is 67.1 Å². The highest BCUT2D eigenvalue weighted by Crippen LogP contribution is 2.51. The standard InChI is InChI=1S/C32H24F4N8O3.C2H6/c33-18-4-6-24(38-11-18)31(7-8-31)44-29-20(14-41-44)26(27(28(37)45)21(42-29)9-16-1-2-16)17-3-5-22-23(10-17)47-32(35,36)30(46)43(22)15-25-39-12-19(34)13-40-25;1-2/h3-6,10-14,16H,1-2,7-9,15H2,(H2,37,45);1-2H3. The Morgan fingerprint density at radius 1 is 1.00 bits per heavy atom. The number of nitrogens with two attached hydrogens (primary N) is 1. The summed E-state index contributed by atoms with van der Waals surface area (Å²) in [5.74, 6) is -3.72. The van der Waals surface area contributed by atoms with Crippen LogP contribution >= 0.6 is 0 Å². The van der Waals surface area contributed by atoms with Gasteiger partial charge in [-0.05, 0) is 67.9 Å². The highest BCUT2D eigenvalue weighted by Gasteiger charge is 2.52. The Kier molecular flexibility index (Phi) is 7.79. The van der Waals surface area contributed by atoms with Crippen molar-refractivity contribution in [3.8, 4) is 16.9 Å². The fourth-order valence-corrected chi connectivity index (χ4v) is 6.20. The van der Waals surface area contributed by atoms with Gasteiger partial charge < -0.3 is 10.5 Å². The zero-order valence-electron chi connectivity index (χ0n) is 26.5. The molecule has 0 bridgehead atoms. The van der Waals surface area contributed by atoms with E-state index in [-0.39, 0.29) is 22.8 Å². The van der Waals surface area contributed by atoms with Crippen LogP contribution in [0.25, 0.3) is 22.2 Å². The zero-order chi connectivity index (χ0) is 34.7. The van der Waals surface area contributed by atoms with E-state index >= 15 is 0 Å². The summed E-state index contributed by atoms with van der Waals surface area (Å²) in [5.41, 5.74) is 7.52. The third kappa shape index (κ3) is 5.62. The van der Waals surface area contributed by atoms with Gasteiger partial charge in [0.15, 0.2) is 17.2 Å². The van der Waals surface area contributed by atoms with Gasteiger partial charge >= 0.3 is 12.0 Å². The van der Waals surface area contributed by atoms with Crippen LogP contribution in [0.3, 0.4) is 0 Å². The van der Waals surface area contributed by atoms with Gasteiger partial charge in [0.2, 0.25) is 0 Å². The smallest absolute Gasteiger partial charge is 0.423 e. The van der Waals surface area contributed by atoms with Crippen LogP contribution in [-0.2, 0) is 23.3 Å². The maximum atomic E-state index is 15.0. The van der Waals surface area contributed by atoms with E-state index in [1.807, 2.05) is 13.8 Å². The molecule has 11 nitrogen and oxygen atoms in total. The average molecular weight is 675 g/mol. The Morgan fingerprint density at radius 2 is 1.71 bits per heavy atom. The van der Waals surface area contributed by atoms with E-state index in [1.54, 1.807) is 16.8 Å². The molecule has 0 spiro atoms. The number of pyridine rings is 2. The van der Waals surface area contributed by atoms with Gasteiger partial charge in [-0.15, -0.1) is 0 Å². The van der Waals surface area contributed by atoms with Gasteiger partial charge in [0.25, 0.3) is 5.91 Å². The fraction of sp³-hybridized carbons (Fsp3) is 0.324. The number of amides is 2. The topological polar surface area (TPSA) is 142 Å². The monoisotopic (exact) mass is 674 g/mol. The van der Waals surface area contributed by atoms with Crippen LogP contribution in [0, 0.1) is 17.6 Å². The highest BCUT2D eigenvalue weighted by molar-refractivity contribution is 6.09. The van der Waals surface area contributed by atoms with Gasteiger partial charge in [-0.3, -0.25) is 19.5 Å². The molecule has 0 unspecified atom stereocenters. The molecule has 4 aromatic heterocycles. The van der Waals surface area contributed by atoms with Gasteiger partial charge in [0.05, 0.1) is 54.0 Å². The molecule has 2 saturated carbocycles. The first-order chi connectivity index (χ1) is 23.5. The number of primary amides is 1. The number of anilines is 1. The molecule has 2 N–H and O–H groups in total. The first kappa shape index (κ1) is 32.1. The van der Waals surface area contributed by atoms with E-state index in [2.05, 4.69) is 20.1 Å². The molecule has 252 valence electrons. The molecule has 2 aliphatic carbocycles. The molecule has 1 aromatic carbocycles. The van der Waals surface area contributed by atoms with Crippen LogP contribution in [-0.4, -0.2) is 47.6 Å². The van der Waals surface area contributed by atoms with Gasteiger partial charge in [-0.25, -0.2) is 28.4 Å². The number of fused-ring (bicyclic) bond motifs is 2. The Bertz CT molecular complexity index is 2100. The summed E-state index contributed by atoms with van der Waals surface area (Å²) in [7, 11) is 0. The molecular weight excluding hydrogens is 644 g/mol. The van der Waals surface area contributed by atoms with Crippen LogP contribution in [0.5, 0.6) is 5.75 Å². The van der Waals surface area contributed by atoms with Crippen molar-refractivity contribution in [1.82, 2.24) is 29.7 Å². The van der Waals surface area contributed by atoms with Crippen LogP contribution < -0.4 is 15.4 Å². The van der Waals surface area contributed by atoms with Crippen molar-refractivity contribution in [3.05, 3.63) is 89.5 Å². The average Bonchev–Trinajstić information content (AvgIpc) is 4.02. The van der Waals surface area contributed by atoms with E-state index in [9.17, 15) is 27.2 Å². The van der Waals surface area contributed by atoms with E-state index in [0.717, 1.165) is 36.3 Å². The number of ether oxygens (including phenoxy) is 1. The number of halogens is 4. The quantitative estimate of drug-likeness (QED) is 0.207. The number of rotatable bonds is 8. The summed E-state index contributed by atoms with van der Waals surface area (Å²) in [4.78, 5) is 43.4. The Labute approximate surface area is 277 Å². The molecule has 5 heterocycles. The van der Waals surface area contributed by atoms with Gasteiger partial charge in [0, 0.05) is 10.9 Å². The molecular formula is C34H30F4N8O3. The number of alkyl halides is 2. The number of benzene rings is 1. The number of aromatic nitrogens is 6. The van der Waals surface area contributed by atoms with E-state index in [4.69, 9.17) is 15.5 Å². The molecule has 0 radical (unpaired) electrons. The fourth-order valence-electron chi connectivity index (χ4n) is 6.20. The number of carbonyl (C=O) groups is 2. The molecule has 2 amide bonds. The second kappa shape index (κ2) is 11.9. The summed E-state index contributed by atoms with van der Waals surface area (Å²) in [5, 5.41) is 5.09. The summed E-state index contributed by atoms with van der Waals surface area (Å²) < 4.78 is 63.7. The molecule has 8 rings (SSSR count). The van der Waals surface area contributed by atoms with Gasteiger partial charge in [0.1, 0.15) is 17.2 Å². The van der Waals surface area contributed by atoms with Gasteiger partial charge in [-0.2, -0.15) is 13.9 Å². The SMILES string of the molecule is CC.NC(=O)c1c(CC2CC2)nc2c(cnn2C2(c3ccc(F)cn3)CC2)c1-c1ccc2c(c1)OC(F)(F)C(=O)N2Cc1ncc(F)cn1. The minimum atomic E-state index is -4.24. The van der Waals surface area contributed by atoms with Crippen molar-refractivity contribution in [2.75, 3.05) is 4.90 Å². The maximum Gasteiger partial charge on any atom is 0.482 e. The molecule has 1 aliphatic heterocycles. The predicted octanol–water partition coefficient (Wildman–Crippen LogP) is 5.69. The van der Waals surface area contributed by atoms with Crippen molar-refractivity contribution in [2.45, 2.75) is 64.1 Å². The summed E-state index contributed by atoms with van der Waals surface area (Å²) >= 11 is 0. The summed E-state index contributed by atoms with van der Waals surface area (Å²) in [6, 6.07) is 7.21. The van der Waals surface area contributed by atoms with Crippen molar-refractivity contribution < 1.29 is 31.9 Å². The van der Waals surface area contributed by atoms with Crippen LogP contribution in [0.4, 0.5) is 23.2 Å². The normalized spacial score (nSPS) is 17.2. The lowest BCUT2D eigenvalue weighted by Gasteiger charge is -2.33. The van der Waals surface area contributed by atoms with E-state index in [0.29, 0.717) is 58.7 Å². The summed E-state index contributed by atoms with van der Waals surface area (Å²) in [6.07, 6.45) is 3.88. The Balaban J connectivity index is 0.00000186. The predicted molar refractivity (Wildman–Crippen MR) is 169 cm³/mol. The van der Waals surface area contributed by atoms with Crippen LogP contribution in [0.15, 0.2) is 55.1 Å². The van der Waals surface area contributed by atoms with Crippen molar-refractivity contribution in [2.24, 2.45) is 11.7 Å². The number of hydrogen-bond acceptors (Lipinski definition) is 8. The number of carbonyl (C=O) groups excluding carboxylic acids is 2. The van der Waals surface area contributed by atoms with Crippen molar-refractivity contribution in [1.29, 1.82) is 0 Å². The largest absolute Gasteiger partial charge is 0.482 e. The first-order valence-electron chi connectivity index (χ1n) is 15.9. The molecule has 5 aromatic rings. The number of nitrogens with zero attached hydrogens (tertiary/aromatic N) is 7. The number of hydrogen-bond donors (Lipinski definition) is 1. The maximum absolute atomic E-state index is 15.0. The lowest BCUT2D eigenvalue weighted by atomic mass is 9.93. The molecule has 3 aliphatic rings. The molecule has 0 saturated heterocycles. The Hall–Kier alpha value is -5.47. The second-order valence-corrected chi connectivity index (χ2v) is 12.0. The Morgan fingerprint density at radius 3 is 2.35 bits per heavy atom. The van der Waals surface area contributed by atoms with E-state index < -0.39 is 41.6 Å². The van der Waals surface area contributed by atoms with Gasteiger partial charge in [-0.1, -0.05) is 19.9 Å². The van der Waals surface area contributed by atoms with Crippen molar-refractivity contribution >= 4 is 28.5 Å². The second-order valence-electron chi connectivity index (χ2n) is 12.0. The molecule has 49 heavy (non-hydrogen) atoms. The van der Waals surface area contributed by atoms with Crippen LogP contribution in [0.2, 0.25) is 0 Å². The zero-order valence-corrected chi connectivity index (χ0v) is 26.5. The third-order valence-electron chi connectivity index (χ3n) is 8.80. The molecule has 15 heteroatoms. The molecule has 2 fully saturated rings. The van der Waals surface area contributed by atoms with E-state index in [1.165, 1.54) is 24.4 Å². The third-order valence-corrected chi connectivity index (χ3v) is 8.80. The first-order valence-corrected chi connectivity index (χ1v) is 15.9. The summed E-state index contributed by atoms with van der Waals surface area (Å²) in [6.45, 7) is 3.52. The lowest BCUT2D eigenvalue weighted by Crippen LogP contribution is -2.50.